The molecule has 0 saturated heterocycles. The first-order valence-electron chi connectivity index (χ1n) is 3.23. The average Bonchev–Trinajstić information content (AvgIpc) is 2.08. The summed E-state index contributed by atoms with van der Waals surface area (Å²) in [5.74, 6) is -0.742. The topological polar surface area (TPSA) is 104 Å². The van der Waals surface area contributed by atoms with Crippen molar-refractivity contribution in [3.05, 3.63) is 11.0 Å². The molecule has 0 fully saturated rings. The maximum Gasteiger partial charge on any atom is 0.269 e. The van der Waals surface area contributed by atoms with Crippen molar-refractivity contribution < 1.29 is 9.53 Å². The van der Waals surface area contributed by atoms with Crippen LogP contribution in [0.25, 0.3) is 0 Å². The molecule has 1 aromatic rings. The molecule has 0 aliphatic carbocycles. The van der Waals surface area contributed by atoms with Crippen molar-refractivity contribution in [1.82, 2.24) is 9.97 Å². The molecule has 4 N–H and O–H groups in total. The molecular formula is C6H7ClN4O2. The largest absolute Gasteiger partial charge is 0.479 e. The van der Waals surface area contributed by atoms with E-state index < -0.39 is 5.91 Å². The van der Waals surface area contributed by atoms with Crippen molar-refractivity contribution in [2.24, 2.45) is 5.73 Å². The SMILES string of the molecule is COc1nc(Cl)nc(C(N)=O)c1N. The van der Waals surface area contributed by atoms with Crippen LogP contribution in [0.3, 0.4) is 0 Å². The van der Waals surface area contributed by atoms with Gasteiger partial charge in [0, 0.05) is 0 Å². The number of nitrogens with two attached hydrogens (primary N) is 2. The molecular weight excluding hydrogens is 196 g/mol. The quantitative estimate of drug-likeness (QED) is 0.648. The molecule has 0 spiro atoms. The van der Waals surface area contributed by atoms with Gasteiger partial charge in [0.05, 0.1) is 7.11 Å². The van der Waals surface area contributed by atoms with Gasteiger partial charge in [-0.05, 0) is 11.6 Å². The molecule has 0 aromatic carbocycles. The molecule has 1 amide bonds. The Bertz CT molecular complexity index is 355. The van der Waals surface area contributed by atoms with E-state index in [1.165, 1.54) is 7.11 Å². The van der Waals surface area contributed by atoms with Crippen LogP contribution in [0, 0.1) is 0 Å². The zero-order valence-corrected chi connectivity index (χ0v) is 7.50. The number of nitrogen functional groups attached to an aromatic ring is 1. The number of methoxy groups -OCH3 is 1. The molecule has 0 saturated carbocycles. The van der Waals surface area contributed by atoms with Crippen molar-refractivity contribution in [3.8, 4) is 5.88 Å². The van der Waals surface area contributed by atoms with Crippen LogP contribution in [0.2, 0.25) is 5.28 Å². The van der Waals surface area contributed by atoms with Crippen LogP contribution in [0.4, 0.5) is 5.69 Å². The van der Waals surface area contributed by atoms with Gasteiger partial charge in [-0.2, -0.15) is 4.98 Å². The summed E-state index contributed by atoms with van der Waals surface area (Å²) in [5, 5.41) is -0.139. The molecule has 1 rings (SSSR count). The second-order valence-corrected chi connectivity index (χ2v) is 2.47. The Morgan fingerprint density at radius 1 is 1.54 bits per heavy atom. The molecule has 0 bridgehead atoms. The van der Waals surface area contributed by atoms with Gasteiger partial charge in [-0.3, -0.25) is 4.79 Å². The van der Waals surface area contributed by atoms with Crippen LogP contribution >= 0.6 is 11.6 Å². The van der Waals surface area contributed by atoms with Crippen molar-refractivity contribution in [2.75, 3.05) is 12.8 Å². The average molecular weight is 203 g/mol. The summed E-state index contributed by atoms with van der Waals surface area (Å²) in [6.07, 6.45) is 0. The van der Waals surface area contributed by atoms with Gasteiger partial charge in [0.1, 0.15) is 5.69 Å². The van der Waals surface area contributed by atoms with Crippen molar-refractivity contribution in [2.45, 2.75) is 0 Å². The zero-order chi connectivity index (χ0) is 10.0. The van der Waals surface area contributed by atoms with Crippen LogP contribution in [-0.4, -0.2) is 23.0 Å². The van der Waals surface area contributed by atoms with E-state index in [0.717, 1.165) is 0 Å². The van der Waals surface area contributed by atoms with Gasteiger partial charge in [0.2, 0.25) is 11.2 Å². The van der Waals surface area contributed by atoms with Crippen LogP contribution in [-0.2, 0) is 0 Å². The number of hydrogen-bond donors (Lipinski definition) is 2. The lowest BCUT2D eigenvalue weighted by molar-refractivity contribution is 0.0996. The third kappa shape index (κ3) is 1.78. The Labute approximate surface area is 78.9 Å². The summed E-state index contributed by atoms with van der Waals surface area (Å²) in [5.41, 5.74) is 10.3. The fourth-order valence-corrected chi connectivity index (χ4v) is 0.927. The summed E-state index contributed by atoms with van der Waals surface area (Å²) in [6.45, 7) is 0. The summed E-state index contributed by atoms with van der Waals surface area (Å²) in [6, 6.07) is 0. The van der Waals surface area contributed by atoms with Gasteiger partial charge >= 0.3 is 0 Å². The number of halogens is 1. The number of carbonyl (C=O) groups is 1. The number of nitrogens with zero attached hydrogens (tertiary/aromatic N) is 2. The number of amides is 1. The van der Waals surface area contributed by atoms with Crippen LogP contribution < -0.4 is 16.2 Å². The van der Waals surface area contributed by atoms with E-state index in [4.69, 9.17) is 27.8 Å². The second-order valence-electron chi connectivity index (χ2n) is 2.13. The van der Waals surface area contributed by atoms with E-state index >= 15 is 0 Å². The lowest BCUT2D eigenvalue weighted by atomic mass is 10.3. The molecule has 0 atom stereocenters. The Balaban J connectivity index is 3.35. The Hall–Kier alpha value is -1.56. The normalized spacial score (nSPS) is 9.69. The molecule has 0 aliphatic rings. The highest BCUT2D eigenvalue weighted by Gasteiger charge is 2.15. The third-order valence-corrected chi connectivity index (χ3v) is 1.48. The number of ether oxygens (including phenoxy) is 1. The molecule has 0 radical (unpaired) electrons. The molecule has 70 valence electrons. The van der Waals surface area contributed by atoms with E-state index in [9.17, 15) is 4.79 Å². The number of rotatable bonds is 2. The highest BCUT2D eigenvalue weighted by atomic mass is 35.5. The van der Waals surface area contributed by atoms with Gasteiger partial charge in [-0.25, -0.2) is 4.98 Å². The lowest BCUT2D eigenvalue weighted by Crippen LogP contribution is -2.17. The van der Waals surface area contributed by atoms with E-state index in [1.807, 2.05) is 0 Å². The first kappa shape index (κ1) is 9.53. The van der Waals surface area contributed by atoms with Crippen molar-refractivity contribution >= 4 is 23.2 Å². The first-order chi connectivity index (χ1) is 6.06. The van der Waals surface area contributed by atoms with Gasteiger partial charge in [-0.15, -0.1) is 0 Å². The predicted molar refractivity (Wildman–Crippen MR) is 46.5 cm³/mol. The molecule has 1 aromatic heterocycles. The van der Waals surface area contributed by atoms with Crippen LogP contribution in [0.15, 0.2) is 0 Å². The molecule has 1 heterocycles. The van der Waals surface area contributed by atoms with Gasteiger partial charge in [0.15, 0.2) is 5.69 Å². The van der Waals surface area contributed by atoms with Crippen molar-refractivity contribution in [1.29, 1.82) is 0 Å². The number of anilines is 1. The predicted octanol–water partition coefficient (Wildman–Crippen LogP) is -0.180. The van der Waals surface area contributed by atoms with Gasteiger partial charge in [0.25, 0.3) is 5.91 Å². The van der Waals surface area contributed by atoms with Crippen molar-refractivity contribution in [3.63, 3.8) is 0 Å². The molecule has 6 nitrogen and oxygen atoms in total. The van der Waals surface area contributed by atoms with E-state index in [1.54, 1.807) is 0 Å². The Kier molecular flexibility index (Phi) is 2.52. The Morgan fingerprint density at radius 2 is 2.15 bits per heavy atom. The summed E-state index contributed by atoms with van der Waals surface area (Å²) in [4.78, 5) is 18.0. The molecule has 0 unspecified atom stereocenters. The number of primary amides is 1. The van der Waals surface area contributed by atoms with Crippen LogP contribution in [0.1, 0.15) is 10.5 Å². The van der Waals surface area contributed by atoms with Gasteiger partial charge < -0.3 is 16.2 Å². The van der Waals surface area contributed by atoms with E-state index in [-0.39, 0.29) is 22.5 Å². The molecule has 13 heavy (non-hydrogen) atoms. The highest BCUT2D eigenvalue weighted by Crippen LogP contribution is 2.22. The van der Waals surface area contributed by atoms with Crippen LogP contribution in [0.5, 0.6) is 5.88 Å². The first-order valence-corrected chi connectivity index (χ1v) is 3.61. The number of hydrogen-bond acceptors (Lipinski definition) is 5. The fourth-order valence-electron chi connectivity index (χ4n) is 0.766. The number of carbonyl (C=O) groups excluding carboxylic acids is 1. The standard InChI is InChI=1S/C6H7ClN4O2/c1-13-5-2(8)3(4(9)12)10-6(7)11-5/h8H2,1H3,(H2,9,12). The minimum atomic E-state index is -0.778. The number of aromatic nitrogens is 2. The fraction of sp³-hybridized carbons (Fsp3) is 0.167. The maximum atomic E-state index is 10.8. The minimum Gasteiger partial charge on any atom is -0.479 e. The third-order valence-electron chi connectivity index (χ3n) is 1.31. The monoisotopic (exact) mass is 202 g/mol. The lowest BCUT2D eigenvalue weighted by Gasteiger charge is -2.05. The zero-order valence-electron chi connectivity index (χ0n) is 6.74. The highest BCUT2D eigenvalue weighted by molar-refractivity contribution is 6.28. The summed E-state index contributed by atoms with van der Waals surface area (Å²) >= 11 is 5.48. The maximum absolute atomic E-state index is 10.8. The Morgan fingerprint density at radius 3 is 2.62 bits per heavy atom. The minimum absolute atomic E-state index is 0.0144. The van der Waals surface area contributed by atoms with Gasteiger partial charge in [-0.1, -0.05) is 0 Å². The summed E-state index contributed by atoms with van der Waals surface area (Å²) < 4.78 is 4.75. The summed E-state index contributed by atoms with van der Waals surface area (Å²) in [7, 11) is 1.35. The van der Waals surface area contributed by atoms with E-state index in [0.29, 0.717) is 0 Å². The molecule has 7 heteroatoms. The second kappa shape index (κ2) is 3.44. The molecule has 0 aliphatic heterocycles. The smallest absolute Gasteiger partial charge is 0.269 e. The van der Waals surface area contributed by atoms with E-state index in [2.05, 4.69) is 9.97 Å².